The lowest BCUT2D eigenvalue weighted by Crippen LogP contribution is -2.44. The zero-order valence-corrected chi connectivity index (χ0v) is 22.8. The fraction of sp³-hybridized carbons (Fsp3) is 0.500. The quantitative estimate of drug-likeness (QED) is 0.335. The standard InChI is InChI=1S/C28H30F3N9/c1-27(2,3)40-14-20-9-19(13-33-25(20)37-40)23-24(18(12-32)11-22(35-23)28(29,30)31)39-8-7-17(10-21(39)16-5-6-16)26-36-34-15-38(26)4/h9,11,13-17,21H,5-8,10H2,1-4H3/t17-,21-/m1/s1. The lowest BCUT2D eigenvalue weighted by molar-refractivity contribution is -0.141. The number of alkyl halides is 3. The second-order valence-corrected chi connectivity index (χ2v) is 11.9. The summed E-state index contributed by atoms with van der Waals surface area (Å²) in [6.07, 6.45) is 3.91. The highest BCUT2D eigenvalue weighted by atomic mass is 19.4. The van der Waals surface area contributed by atoms with Crippen molar-refractivity contribution in [2.75, 3.05) is 11.4 Å². The van der Waals surface area contributed by atoms with Gasteiger partial charge >= 0.3 is 6.18 Å². The predicted octanol–water partition coefficient (Wildman–Crippen LogP) is 5.43. The molecular weight excluding hydrogens is 519 g/mol. The van der Waals surface area contributed by atoms with Crippen molar-refractivity contribution in [3.05, 3.63) is 47.9 Å². The molecule has 2 aliphatic rings. The Balaban J connectivity index is 1.49. The minimum absolute atomic E-state index is 0.0365. The summed E-state index contributed by atoms with van der Waals surface area (Å²) in [5.74, 6) is 1.47. The summed E-state index contributed by atoms with van der Waals surface area (Å²) in [5.41, 5.74) is 0.0477. The van der Waals surface area contributed by atoms with Crippen LogP contribution < -0.4 is 4.90 Å². The summed E-state index contributed by atoms with van der Waals surface area (Å²) in [6.45, 7) is 6.58. The predicted molar refractivity (Wildman–Crippen MR) is 142 cm³/mol. The van der Waals surface area contributed by atoms with E-state index in [9.17, 15) is 18.4 Å². The lowest BCUT2D eigenvalue weighted by Gasteiger charge is -2.42. The average molecular weight is 550 g/mol. The van der Waals surface area contributed by atoms with Gasteiger partial charge in [-0.3, -0.25) is 4.68 Å². The molecular formula is C28H30F3N9. The maximum atomic E-state index is 14.0. The second-order valence-electron chi connectivity index (χ2n) is 11.9. The van der Waals surface area contributed by atoms with Crippen LogP contribution >= 0.6 is 0 Å². The molecule has 0 N–H and O–H groups in total. The maximum Gasteiger partial charge on any atom is 0.433 e. The van der Waals surface area contributed by atoms with Crippen molar-refractivity contribution in [3.8, 4) is 17.3 Å². The van der Waals surface area contributed by atoms with Gasteiger partial charge in [0.25, 0.3) is 0 Å². The third kappa shape index (κ3) is 4.67. The highest BCUT2D eigenvalue weighted by Gasteiger charge is 2.43. The number of hydrogen-bond acceptors (Lipinski definition) is 7. The van der Waals surface area contributed by atoms with Crippen molar-refractivity contribution in [1.29, 1.82) is 5.26 Å². The Bertz CT molecular complexity index is 1620. The number of nitriles is 1. The number of hydrogen-bond donors (Lipinski definition) is 0. The lowest BCUT2D eigenvalue weighted by atomic mass is 9.86. The van der Waals surface area contributed by atoms with Crippen molar-refractivity contribution in [1.82, 2.24) is 34.5 Å². The van der Waals surface area contributed by atoms with Crippen molar-refractivity contribution < 1.29 is 13.2 Å². The molecule has 0 radical (unpaired) electrons. The van der Waals surface area contributed by atoms with Crippen LogP contribution in [0.15, 0.2) is 30.9 Å². The van der Waals surface area contributed by atoms with Gasteiger partial charge in [0, 0.05) is 48.9 Å². The molecule has 1 saturated heterocycles. The summed E-state index contributed by atoms with van der Waals surface area (Å²) in [6, 6.07) is 4.74. The SMILES string of the molecule is Cn1cnnc1[C@@H]1CCN(c2c(C#N)cc(C(F)(F)F)nc2-c2cnc3nn(C(C)(C)C)cc3c2)[C@@H](C2CC2)C1. The average Bonchev–Trinajstić information content (AvgIpc) is 3.51. The Morgan fingerprint density at radius 1 is 1.10 bits per heavy atom. The Morgan fingerprint density at radius 3 is 2.50 bits per heavy atom. The summed E-state index contributed by atoms with van der Waals surface area (Å²) in [7, 11) is 1.92. The smallest absolute Gasteiger partial charge is 0.365 e. The van der Waals surface area contributed by atoms with Gasteiger partial charge in [-0.1, -0.05) is 0 Å². The van der Waals surface area contributed by atoms with E-state index in [1.807, 2.05) is 38.6 Å². The van der Waals surface area contributed by atoms with Crippen molar-refractivity contribution in [2.24, 2.45) is 13.0 Å². The number of aromatic nitrogens is 7. The molecule has 0 unspecified atom stereocenters. The molecule has 1 aliphatic heterocycles. The van der Waals surface area contributed by atoms with Gasteiger partial charge in [-0.15, -0.1) is 10.2 Å². The summed E-state index contributed by atoms with van der Waals surface area (Å²) < 4.78 is 45.7. The van der Waals surface area contributed by atoms with Crippen LogP contribution in [-0.4, -0.2) is 47.1 Å². The molecule has 208 valence electrons. The van der Waals surface area contributed by atoms with Gasteiger partial charge in [0.1, 0.15) is 23.9 Å². The summed E-state index contributed by atoms with van der Waals surface area (Å²) >= 11 is 0. The maximum absolute atomic E-state index is 14.0. The molecule has 12 heteroatoms. The number of piperidine rings is 1. The van der Waals surface area contributed by atoms with Crippen molar-refractivity contribution >= 4 is 16.7 Å². The van der Waals surface area contributed by atoms with Crippen LogP contribution in [0.3, 0.4) is 0 Å². The molecule has 1 saturated carbocycles. The number of halogens is 3. The number of anilines is 1. The topological polar surface area (TPSA) is 101 Å². The first kappa shape index (κ1) is 26.2. The van der Waals surface area contributed by atoms with Crippen LogP contribution in [0.2, 0.25) is 0 Å². The van der Waals surface area contributed by atoms with Crippen LogP contribution in [0.1, 0.15) is 69.5 Å². The zero-order valence-electron chi connectivity index (χ0n) is 22.8. The van der Waals surface area contributed by atoms with Gasteiger partial charge in [-0.05, 0) is 64.5 Å². The summed E-state index contributed by atoms with van der Waals surface area (Å²) in [5, 5.41) is 23.7. The van der Waals surface area contributed by atoms with Crippen molar-refractivity contribution in [3.63, 3.8) is 0 Å². The normalized spacial score (nSPS) is 20.2. The minimum atomic E-state index is -4.71. The van der Waals surface area contributed by atoms with E-state index < -0.39 is 11.9 Å². The van der Waals surface area contributed by atoms with E-state index in [1.54, 1.807) is 17.1 Å². The molecule has 9 nitrogen and oxygen atoms in total. The van der Waals surface area contributed by atoms with Crippen LogP contribution in [0.5, 0.6) is 0 Å². The first-order valence-corrected chi connectivity index (χ1v) is 13.4. The highest BCUT2D eigenvalue weighted by Crippen LogP contribution is 2.48. The van der Waals surface area contributed by atoms with Crippen molar-refractivity contribution in [2.45, 2.75) is 70.1 Å². The Kier molecular flexibility index (Phi) is 6.09. The Labute approximate surface area is 229 Å². The van der Waals surface area contributed by atoms with Crippen LogP contribution in [0.25, 0.3) is 22.3 Å². The fourth-order valence-electron chi connectivity index (χ4n) is 5.75. The molecule has 4 aromatic heterocycles. The zero-order chi connectivity index (χ0) is 28.4. The van der Waals surface area contributed by atoms with E-state index >= 15 is 0 Å². The van der Waals surface area contributed by atoms with Crippen LogP contribution in [0, 0.1) is 17.2 Å². The molecule has 5 heterocycles. The largest absolute Gasteiger partial charge is 0.433 e. The van der Waals surface area contributed by atoms with E-state index in [0.29, 0.717) is 34.7 Å². The van der Waals surface area contributed by atoms with Gasteiger partial charge in [0.05, 0.1) is 22.5 Å². The molecule has 2 atom stereocenters. The molecule has 1 aliphatic carbocycles. The third-order valence-electron chi connectivity index (χ3n) is 7.93. The van der Waals surface area contributed by atoms with Gasteiger partial charge in [0.15, 0.2) is 5.65 Å². The van der Waals surface area contributed by atoms with Crippen LogP contribution in [-0.2, 0) is 18.8 Å². The number of pyridine rings is 2. The fourth-order valence-corrected chi connectivity index (χ4v) is 5.75. The van der Waals surface area contributed by atoms with Gasteiger partial charge < -0.3 is 9.47 Å². The molecule has 2 fully saturated rings. The second kappa shape index (κ2) is 9.28. The van der Waals surface area contributed by atoms with Gasteiger partial charge in [0.2, 0.25) is 0 Å². The van der Waals surface area contributed by atoms with Gasteiger partial charge in [-0.25, -0.2) is 9.97 Å². The van der Waals surface area contributed by atoms with E-state index in [4.69, 9.17) is 0 Å². The Morgan fingerprint density at radius 2 is 1.88 bits per heavy atom. The monoisotopic (exact) mass is 549 g/mol. The molecule has 0 amide bonds. The summed E-state index contributed by atoms with van der Waals surface area (Å²) in [4.78, 5) is 10.7. The van der Waals surface area contributed by atoms with E-state index in [2.05, 4.69) is 36.2 Å². The van der Waals surface area contributed by atoms with Gasteiger partial charge in [-0.2, -0.15) is 23.5 Å². The Hall–Kier alpha value is -4.01. The molecule has 4 aromatic rings. The van der Waals surface area contributed by atoms with E-state index in [0.717, 1.165) is 37.6 Å². The number of rotatable bonds is 4. The van der Waals surface area contributed by atoms with E-state index in [1.165, 1.54) is 6.20 Å². The van der Waals surface area contributed by atoms with E-state index in [-0.39, 0.29) is 28.8 Å². The van der Waals surface area contributed by atoms with Crippen LogP contribution in [0.4, 0.5) is 18.9 Å². The number of fused-ring (bicyclic) bond motifs is 1. The molecule has 6 rings (SSSR count). The molecule has 40 heavy (non-hydrogen) atoms. The number of aryl methyl sites for hydroxylation is 1. The highest BCUT2D eigenvalue weighted by molar-refractivity contribution is 5.86. The first-order valence-electron chi connectivity index (χ1n) is 13.4. The molecule has 0 bridgehead atoms. The molecule has 0 aromatic carbocycles. The first-order chi connectivity index (χ1) is 18.9. The number of nitrogens with zero attached hydrogens (tertiary/aromatic N) is 9. The minimum Gasteiger partial charge on any atom is -0.365 e. The molecule has 0 spiro atoms. The third-order valence-corrected chi connectivity index (χ3v) is 7.93.